The van der Waals surface area contributed by atoms with Gasteiger partial charge in [0.2, 0.25) is 0 Å². The largest absolute Gasteiger partial charge is 0.493 e. The quantitative estimate of drug-likeness (QED) is 0.707. The molecular weight excluding hydrogens is 246 g/mol. The van der Waals surface area contributed by atoms with Gasteiger partial charge in [0.15, 0.2) is 0 Å². The summed E-state index contributed by atoms with van der Waals surface area (Å²) in [6.07, 6.45) is 3.80. The maximum atomic E-state index is 6.15. The number of hydrogen-bond donors (Lipinski definition) is 1. The lowest BCUT2D eigenvalue weighted by molar-refractivity contribution is 0.300. The molecule has 1 aliphatic carbocycles. The molecule has 0 aromatic heterocycles. The molecule has 0 atom stereocenters. The van der Waals surface area contributed by atoms with Crippen LogP contribution < -0.4 is 10.1 Å². The third-order valence-corrected chi connectivity index (χ3v) is 3.90. The van der Waals surface area contributed by atoms with Crippen LogP contribution in [0.4, 0.5) is 0 Å². The predicted molar refractivity (Wildman–Crippen MR) is 85.8 cm³/mol. The molecule has 112 valence electrons. The summed E-state index contributed by atoms with van der Waals surface area (Å²) in [5.41, 5.74) is 2.68. The Morgan fingerprint density at radius 2 is 1.70 bits per heavy atom. The van der Waals surface area contributed by atoms with Crippen LogP contribution in [0.1, 0.15) is 69.9 Å². The first kappa shape index (κ1) is 15.4. The molecule has 1 saturated carbocycles. The van der Waals surface area contributed by atoms with Crippen molar-refractivity contribution in [3.8, 4) is 5.75 Å². The number of rotatable bonds is 8. The Kier molecular flexibility index (Phi) is 5.47. The summed E-state index contributed by atoms with van der Waals surface area (Å²) >= 11 is 0. The number of nitrogens with one attached hydrogen (secondary N) is 1. The Balaban J connectivity index is 1.95. The smallest absolute Gasteiger partial charge is 0.126 e. The molecule has 20 heavy (non-hydrogen) atoms. The Hall–Kier alpha value is -1.02. The molecule has 1 aliphatic rings. The highest BCUT2D eigenvalue weighted by Crippen LogP contribution is 2.34. The van der Waals surface area contributed by atoms with E-state index in [1.165, 1.54) is 24.0 Å². The van der Waals surface area contributed by atoms with Gasteiger partial charge in [-0.05, 0) is 48.8 Å². The monoisotopic (exact) mass is 275 g/mol. The van der Waals surface area contributed by atoms with Crippen LogP contribution in [0.3, 0.4) is 0 Å². The zero-order chi connectivity index (χ0) is 14.5. The minimum Gasteiger partial charge on any atom is -0.493 e. The first-order chi connectivity index (χ1) is 9.59. The fraction of sp³-hybridized carbons (Fsp3) is 0.667. The minimum absolute atomic E-state index is 0.508. The van der Waals surface area contributed by atoms with Crippen LogP contribution in [-0.4, -0.2) is 19.2 Å². The van der Waals surface area contributed by atoms with E-state index in [0.29, 0.717) is 11.8 Å². The molecule has 1 N–H and O–H groups in total. The first-order valence-corrected chi connectivity index (χ1v) is 8.08. The van der Waals surface area contributed by atoms with Crippen molar-refractivity contribution in [2.24, 2.45) is 0 Å². The van der Waals surface area contributed by atoms with Gasteiger partial charge in [-0.1, -0.05) is 45.9 Å². The molecule has 0 bridgehead atoms. The highest BCUT2D eigenvalue weighted by atomic mass is 16.5. The predicted octanol–water partition coefficient (Wildman–Crippen LogP) is 4.45. The number of hydrogen-bond acceptors (Lipinski definition) is 2. The van der Waals surface area contributed by atoms with E-state index >= 15 is 0 Å². The molecule has 2 heteroatoms. The van der Waals surface area contributed by atoms with Gasteiger partial charge in [-0.3, -0.25) is 0 Å². The first-order valence-electron chi connectivity index (χ1n) is 8.08. The SMILES string of the molecule is CC(C)c1cccc(C(C)C)c1OCCCNC1CC1. The van der Waals surface area contributed by atoms with Crippen LogP contribution in [-0.2, 0) is 0 Å². The summed E-state index contributed by atoms with van der Waals surface area (Å²) in [5, 5.41) is 3.54. The van der Waals surface area contributed by atoms with Crippen molar-refractivity contribution in [3.63, 3.8) is 0 Å². The third kappa shape index (κ3) is 4.24. The molecule has 0 radical (unpaired) electrons. The second-order valence-corrected chi connectivity index (χ2v) is 6.51. The Bertz CT molecular complexity index is 395. The van der Waals surface area contributed by atoms with E-state index in [2.05, 4.69) is 51.2 Å². The highest BCUT2D eigenvalue weighted by molar-refractivity contribution is 5.44. The molecular formula is C18H29NO. The molecule has 0 aliphatic heterocycles. The van der Waals surface area contributed by atoms with Crippen LogP contribution in [0.25, 0.3) is 0 Å². The molecule has 0 spiro atoms. The van der Waals surface area contributed by atoms with Crippen molar-refractivity contribution >= 4 is 0 Å². The van der Waals surface area contributed by atoms with Crippen LogP contribution in [0.15, 0.2) is 18.2 Å². The molecule has 1 aromatic carbocycles. The zero-order valence-corrected chi connectivity index (χ0v) is 13.4. The van der Waals surface area contributed by atoms with Crippen molar-refractivity contribution in [1.29, 1.82) is 0 Å². The van der Waals surface area contributed by atoms with Crippen molar-refractivity contribution in [1.82, 2.24) is 5.32 Å². The van der Waals surface area contributed by atoms with E-state index < -0.39 is 0 Å². The van der Waals surface area contributed by atoms with Gasteiger partial charge in [-0.2, -0.15) is 0 Å². The standard InChI is InChI=1S/C18H29NO/c1-13(2)16-7-5-8-17(14(3)4)18(16)20-12-6-11-19-15-9-10-15/h5,7-8,13-15,19H,6,9-12H2,1-4H3. The van der Waals surface area contributed by atoms with Gasteiger partial charge < -0.3 is 10.1 Å². The second kappa shape index (κ2) is 7.12. The molecule has 2 nitrogen and oxygen atoms in total. The van der Waals surface area contributed by atoms with E-state index in [0.717, 1.165) is 31.4 Å². The molecule has 0 heterocycles. The highest BCUT2D eigenvalue weighted by Gasteiger charge is 2.19. The summed E-state index contributed by atoms with van der Waals surface area (Å²) in [4.78, 5) is 0. The van der Waals surface area contributed by atoms with Gasteiger partial charge in [0.25, 0.3) is 0 Å². The Morgan fingerprint density at radius 1 is 1.10 bits per heavy atom. The Labute approximate surface area is 123 Å². The molecule has 1 aromatic rings. The topological polar surface area (TPSA) is 21.3 Å². The van der Waals surface area contributed by atoms with E-state index in [1.54, 1.807) is 0 Å². The number of ether oxygens (including phenoxy) is 1. The van der Waals surface area contributed by atoms with E-state index in [-0.39, 0.29) is 0 Å². The van der Waals surface area contributed by atoms with E-state index in [1.807, 2.05) is 0 Å². The van der Waals surface area contributed by atoms with Crippen molar-refractivity contribution < 1.29 is 4.74 Å². The van der Waals surface area contributed by atoms with Crippen molar-refractivity contribution in [2.45, 2.75) is 64.8 Å². The lowest BCUT2D eigenvalue weighted by atomic mass is 9.94. The van der Waals surface area contributed by atoms with Gasteiger partial charge in [-0.25, -0.2) is 0 Å². The van der Waals surface area contributed by atoms with Crippen LogP contribution in [0.5, 0.6) is 5.75 Å². The van der Waals surface area contributed by atoms with Crippen LogP contribution in [0.2, 0.25) is 0 Å². The zero-order valence-electron chi connectivity index (χ0n) is 13.4. The third-order valence-electron chi connectivity index (χ3n) is 3.90. The van der Waals surface area contributed by atoms with Crippen molar-refractivity contribution in [3.05, 3.63) is 29.3 Å². The van der Waals surface area contributed by atoms with E-state index in [4.69, 9.17) is 4.74 Å². The van der Waals surface area contributed by atoms with Crippen molar-refractivity contribution in [2.75, 3.05) is 13.2 Å². The van der Waals surface area contributed by atoms with Crippen LogP contribution >= 0.6 is 0 Å². The van der Waals surface area contributed by atoms with E-state index in [9.17, 15) is 0 Å². The number of para-hydroxylation sites is 1. The van der Waals surface area contributed by atoms with Crippen LogP contribution in [0, 0.1) is 0 Å². The maximum absolute atomic E-state index is 6.15. The van der Waals surface area contributed by atoms with Gasteiger partial charge in [0.1, 0.15) is 5.75 Å². The normalized spacial score (nSPS) is 15.1. The van der Waals surface area contributed by atoms with Gasteiger partial charge >= 0.3 is 0 Å². The van der Waals surface area contributed by atoms with Gasteiger partial charge in [-0.15, -0.1) is 0 Å². The summed E-state index contributed by atoms with van der Waals surface area (Å²) in [6.45, 7) is 10.8. The molecule has 0 unspecified atom stereocenters. The Morgan fingerprint density at radius 3 is 2.20 bits per heavy atom. The summed E-state index contributed by atoms with van der Waals surface area (Å²) in [5.74, 6) is 2.14. The molecule has 1 fully saturated rings. The fourth-order valence-corrected chi connectivity index (χ4v) is 2.49. The molecule has 2 rings (SSSR count). The van der Waals surface area contributed by atoms with Gasteiger partial charge in [0.05, 0.1) is 6.61 Å². The molecule has 0 saturated heterocycles. The molecule has 0 amide bonds. The number of benzene rings is 1. The minimum atomic E-state index is 0.508. The van der Waals surface area contributed by atoms with Gasteiger partial charge in [0, 0.05) is 6.04 Å². The summed E-state index contributed by atoms with van der Waals surface area (Å²) in [6, 6.07) is 7.36. The maximum Gasteiger partial charge on any atom is 0.126 e. The second-order valence-electron chi connectivity index (χ2n) is 6.51. The summed E-state index contributed by atoms with van der Waals surface area (Å²) in [7, 11) is 0. The lowest BCUT2D eigenvalue weighted by Crippen LogP contribution is -2.19. The summed E-state index contributed by atoms with van der Waals surface area (Å²) < 4.78 is 6.15. The fourth-order valence-electron chi connectivity index (χ4n) is 2.49. The average molecular weight is 275 g/mol. The lowest BCUT2D eigenvalue weighted by Gasteiger charge is -2.20. The average Bonchev–Trinajstić information content (AvgIpc) is 3.22.